The molecule has 5 heteroatoms. The summed E-state index contributed by atoms with van der Waals surface area (Å²) in [6, 6.07) is 5.66. The van der Waals surface area contributed by atoms with Crippen LogP contribution in [0.1, 0.15) is 5.82 Å². The molecule has 0 saturated carbocycles. The Kier molecular flexibility index (Phi) is 2.64. The lowest BCUT2D eigenvalue weighted by Crippen LogP contribution is -2.30. The van der Waals surface area contributed by atoms with Crippen LogP contribution in [0.15, 0.2) is 23.0 Å². The molecular formula is C10H10IN3O. The van der Waals surface area contributed by atoms with Gasteiger partial charge in [-0.25, -0.2) is 9.66 Å². The fourth-order valence-corrected chi connectivity index (χ4v) is 2.28. The molecule has 78 valence electrons. The van der Waals surface area contributed by atoms with E-state index in [1.165, 1.54) is 4.68 Å². The highest BCUT2D eigenvalue weighted by Crippen LogP contribution is 2.15. The molecule has 15 heavy (non-hydrogen) atoms. The van der Waals surface area contributed by atoms with Gasteiger partial charge in [-0.1, -0.05) is 6.07 Å². The van der Waals surface area contributed by atoms with Crippen LogP contribution in [0.2, 0.25) is 0 Å². The minimum Gasteiger partial charge on any atom is -0.325 e. The van der Waals surface area contributed by atoms with E-state index in [9.17, 15) is 4.79 Å². The summed E-state index contributed by atoms with van der Waals surface area (Å²) in [7, 11) is 1.71. The summed E-state index contributed by atoms with van der Waals surface area (Å²) in [4.78, 5) is 16.4. The monoisotopic (exact) mass is 315 g/mol. The summed E-state index contributed by atoms with van der Waals surface area (Å²) in [5.41, 5.74) is 3.52. The highest BCUT2D eigenvalue weighted by Gasteiger charge is 2.08. The zero-order chi connectivity index (χ0) is 11.0. The molecule has 0 saturated heterocycles. The Labute approximate surface area is 100 Å². The number of aryl methyl sites for hydroxylation is 1. The van der Waals surface area contributed by atoms with Crippen LogP contribution in [0, 0.1) is 10.5 Å². The van der Waals surface area contributed by atoms with Crippen LogP contribution < -0.4 is 11.0 Å². The van der Waals surface area contributed by atoms with E-state index in [2.05, 4.69) is 33.0 Å². The van der Waals surface area contributed by atoms with Crippen LogP contribution in [0.5, 0.6) is 0 Å². The average molecular weight is 315 g/mol. The number of benzene rings is 1. The topological polar surface area (TPSA) is 46.9 Å². The van der Waals surface area contributed by atoms with Gasteiger partial charge < -0.3 is 5.43 Å². The second kappa shape index (κ2) is 3.80. The minimum atomic E-state index is -0.0509. The number of nitrogens with one attached hydrogen (secondary N) is 1. The van der Waals surface area contributed by atoms with Crippen molar-refractivity contribution in [3.05, 3.63) is 37.9 Å². The van der Waals surface area contributed by atoms with Crippen molar-refractivity contribution in [1.29, 1.82) is 0 Å². The second-order valence-corrected chi connectivity index (χ2v) is 4.32. The number of halogens is 1. The molecule has 0 aliphatic carbocycles. The lowest BCUT2D eigenvalue weighted by Gasteiger charge is -2.09. The van der Waals surface area contributed by atoms with Gasteiger partial charge >= 0.3 is 0 Å². The molecule has 1 aromatic heterocycles. The molecule has 0 aliphatic heterocycles. The van der Waals surface area contributed by atoms with E-state index < -0.39 is 0 Å². The molecule has 1 heterocycles. The third kappa shape index (κ3) is 1.60. The summed E-state index contributed by atoms with van der Waals surface area (Å²) in [6.45, 7) is 1.80. The molecule has 2 aromatic rings. The number of rotatable bonds is 1. The van der Waals surface area contributed by atoms with Crippen molar-refractivity contribution in [2.24, 2.45) is 0 Å². The van der Waals surface area contributed by atoms with Crippen molar-refractivity contribution in [3.8, 4) is 0 Å². The van der Waals surface area contributed by atoms with Gasteiger partial charge in [0.15, 0.2) is 0 Å². The molecule has 0 unspecified atom stereocenters. The van der Waals surface area contributed by atoms with Crippen molar-refractivity contribution >= 4 is 33.5 Å². The van der Waals surface area contributed by atoms with Crippen LogP contribution in [0.3, 0.4) is 0 Å². The van der Waals surface area contributed by atoms with E-state index >= 15 is 0 Å². The fourth-order valence-electron chi connectivity index (χ4n) is 1.56. The summed E-state index contributed by atoms with van der Waals surface area (Å²) in [5.74, 6) is 0.664. The lowest BCUT2D eigenvalue weighted by molar-refractivity contribution is 0.805. The first-order chi connectivity index (χ1) is 7.15. The number of aromatic nitrogens is 2. The van der Waals surface area contributed by atoms with Crippen LogP contribution in [-0.2, 0) is 0 Å². The van der Waals surface area contributed by atoms with E-state index in [-0.39, 0.29) is 5.56 Å². The Bertz CT molecular complexity index is 577. The van der Waals surface area contributed by atoms with Crippen LogP contribution in [-0.4, -0.2) is 16.7 Å². The van der Waals surface area contributed by atoms with E-state index in [0.29, 0.717) is 11.2 Å². The van der Waals surface area contributed by atoms with Gasteiger partial charge in [-0.3, -0.25) is 4.79 Å². The highest BCUT2D eigenvalue weighted by atomic mass is 127. The Hall–Kier alpha value is -1.11. The molecule has 1 N–H and O–H groups in total. The van der Waals surface area contributed by atoms with E-state index in [4.69, 9.17) is 0 Å². The predicted molar refractivity (Wildman–Crippen MR) is 68.7 cm³/mol. The predicted octanol–water partition coefficient (Wildman–Crippen LogP) is 1.48. The molecule has 0 atom stereocenters. The Morgan fingerprint density at radius 1 is 1.47 bits per heavy atom. The zero-order valence-corrected chi connectivity index (χ0v) is 10.6. The first kappa shape index (κ1) is 10.4. The maximum atomic E-state index is 12.1. The second-order valence-electron chi connectivity index (χ2n) is 3.16. The summed E-state index contributed by atoms with van der Waals surface area (Å²) in [6.07, 6.45) is 0. The summed E-state index contributed by atoms with van der Waals surface area (Å²) < 4.78 is 2.37. The minimum absolute atomic E-state index is 0.0509. The largest absolute Gasteiger partial charge is 0.325 e. The molecule has 0 radical (unpaired) electrons. The maximum absolute atomic E-state index is 12.1. The number of hydrogen-bond acceptors (Lipinski definition) is 3. The van der Waals surface area contributed by atoms with E-state index in [1.807, 2.05) is 18.2 Å². The zero-order valence-electron chi connectivity index (χ0n) is 8.41. The highest BCUT2D eigenvalue weighted by molar-refractivity contribution is 14.1. The van der Waals surface area contributed by atoms with Crippen LogP contribution in [0.4, 0.5) is 0 Å². The molecule has 1 aromatic carbocycles. The first-order valence-electron chi connectivity index (χ1n) is 4.51. The summed E-state index contributed by atoms with van der Waals surface area (Å²) in [5, 5.41) is 0.665. The third-order valence-electron chi connectivity index (χ3n) is 2.24. The molecule has 0 bridgehead atoms. The third-order valence-corrected chi connectivity index (χ3v) is 3.14. The average Bonchev–Trinajstić information content (AvgIpc) is 2.17. The van der Waals surface area contributed by atoms with Gasteiger partial charge in [-0.05, 0) is 41.6 Å². The fraction of sp³-hybridized carbons (Fsp3) is 0.200. The smallest absolute Gasteiger partial charge is 0.281 e. The van der Waals surface area contributed by atoms with Gasteiger partial charge in [-0.15, -0.1) is 0 Å². The number of fused-ring (bicyclic) bond motifs is 1. The van der Waals surface area contributed by atoms with E-state index in [0.717, 1.165) is 9.09 Å². The first-order valence-corrected chi connectivity index (χ1v) is 5.58. The molecule has 4 nitrogen and oxygen atoms in total. The molecule has 2 rings (SSSR count). The van der Waals surface area contributed by atoms with Gasteiger partial charge in [0.2, 0.25) is 0 Å². The standard InChI is InChI=1S/C10H10IN3O/c1-6-13-8-5-3-4-7(11)9(8)10(15)14(6)12-2/h3-5,12H,1-2H3. The molecule has 0 fully saturated rings. The molecule has 0 spiro atoms. The molecule has 0 aliphatic rings. The normalized spacial score (nSPS) is 10.6. The van der Waals surface area contributed by atoms with Crippen molar-refractivity contribution in [3.63, 3.8) is 0 Å². The Balaban J connectivity index is 2.99. The maximum Gasteiger partial charge on any atom is 0.281 e. The molecular weight excluding hydrogens is 305 g/mol. The van der Waals surface area contributed by atoms with Gasteiger partial charge in [-0.2, -0.15) is 0 Å². The van der Waals surface area contributed by atoms with Crippen molar-refractivity contribution < 1.29 is 0 Å². The SMILES string of the molecule is CNn1c(C)nc2cccc(I)c2c1=O. The summed E-state index contributed by atoms with van der Waals surface area (Å²) >= 11 is 2.15. The number of nitrogens with zero attached hydrogens (tertiary/aromatic N) is 2. The van der Waals surface area contributed by atoms with Crippen molar-refractivity contribution in [2.75, 3.05) is 12.5 Å². The van der Waals surface area contributed by atoms with Crippen molar-refractivity contribution in [2.45, 2.75) is 6.92 Å². The van der Waals surface area contributed by atoms with Crippen LogP contribution in [0.25, 0.3) is 10.9 Å². The lowest BCUT2D eigenvalue weighted by atomic mass is 10.2. The van der Waals surface area contributed by atoms with Crippen molar-refractivity contribution in [1.82, 2.24) is 9.66 Å². The van der Waals surface area contributed by atoms with Gasteiger partial charge in [0.1, 0.15) is 5.82 Å². The quantitative estimate of drug-likeness (QED) is 0.811. The van der Waals surface area contributed by atoms with Gasteiger partial charge in [0.25, 0.3) is 5.56 Å². The Morgan fingerprint density at radius 3 is 2.87 bits per heavy atom. The Morgan fingerprint density at radius 2 is 2.20 bits per heavy atom. The number of hydrogen-bond donors (Lipinski definition) is 1. The van der Waals surface area contributed by atoms with Gasteiger partial charge in [0, 0.05) is 10.6 Å². The molecule has 0 amide bonds. The van der Waals surface area contributed by atoms with Gasteiger partial charge in [0.05, 0.1) is 10.9 Å². The van der Waals surface area contributed by atoms with Crippen LogP contribution >= 0.6 is 22.6 Å². The van der Waals surface area contributed by atoms with E-state index in [1.54, 1.807) is 14.0 Å².